The van der Waals surface area contributed by atoms with Crippen LogP contribution in [-0.2, 0) is 9.05 Å². The number of hydrogen-bond donors (Lipinski definition) is 0. The minimum atomic E-state index is -3.35. The van der Waals surface area contributed by atoms with E-state index in [1.807, 2.05) is 6.92 Å². The molecular formula is C11H22BrClO2S. The van der Waals surface area contributed by atoms with Crippen molar-refractivity contribution in [2.75, 3.05) is 5.33 Å². The van der Waals surface area contributed by atoms with Crippen LogP contribution >= 0.6 is 26.6 Å². The molecule has 0 amide bonds. The molecule has 1 atom stereocenters. The summed E-state index contributed by atoms with van der Waals surface area (Å²) >= 11 is 3.40. The van der Waals surface area contributed by atoms with Crippen molar-refractivity contribution in [3.05, 3.63) is 0 Å². The Hall–Kier alpha value is 0.720. The molecule has 0 saturated heterocycles. The van der Waals surface area contributed by atoms with E-state index in [2.05, 4.69) is 15.9 Å². The van der Waals surface area contributed by atoms with Crippen molar-refractivity contribution in [3.8, 4) is 0 Å². The Balaban J connectivity index is 3.50. The summed E-state index contributed by atoms with van der Waals surface area (Å²) in [6.45, 7) is 1.88. The average Bonchev–Trinajstić information content (AvgIpc) is 2.20. The average molecular weight is 334 g/mol. The number of alkyl halides is 1. The Morgan fingerprint density at radius 2 is 1.56 bits per heavy atom. The summed E-state index contributed by atoms with van der Waals surface area (Å²) in [5, 5.41) is 0.729. The standard InChI is InChI=1S/C11H22BrClO2S/c1-2-11(16(13,14)15)9-7-5-3-4-6-8-10-12/h11H,2-10H2,1H3. The molecule has 1 unspecified atom stereocenters. The quantitative estimate of drug-likeness (QED) is 0.336. The molecule has 0 spiro atoms. The summed E-state index contributed by atoms with van der Waals surface area (Å²) in [7, 11) is 2.00. The van der Waals surface area contributed by atoms with Crippen LogP contribution in [0.2, 0.25) is 0 Å². The molecule has 0 rings (SSSR count). The molecule has 0 saturated carbocycles. The predicted octanol–water partition coefficient (Wildman–Crippen LogP) is 4.46. The van der Waals surface area contributed by atoms with Crippen molar-refractivity contribution in [2.24, 2.45) is 0 Å². The number of halogens is 2. The molecule has 0 fully saturated rings. The molecule has 0 aromatic heterocycles. The molecule has 0 aromatic rings. The van der Waals surface area contributed by atoms with E-state index < -0.39 is 9.05 Å². The van der Waals surface area contributed by atoms with Gasteiger partial charge in [0.15, 0.2) is 0 Å². The first-order chi connectivity index (χ1) is 7.52. The van der Waals surface area contributed by atoms with Gasteiger partial charge >= 0.3 is 0 Å². The topological polar surface area (TPSA) is 34.1 Å². The van der Waals surface area contributed by atoms with Crippen LogP contribution in [0.5, 0.6) is 0 Å². The molecule has 0 radical (unpaired) electrons. The molecule has 2 nitrogen and oxygen atoms in total. The van der Waals surface area contributed by atoms with E-state index in [0.29, 0.717) is 12.8 Å². The van der Waals surface area contributed by atoms with Crippen molar-refractivity contribution in [1.82, 2.24) is 0 Å². The minimum Gasteiger partial charge on any atom is -0.212 e. The molecule has 0 aromatic carbocycles. The van der Waals surface area contributed by atoms with E-state index in [1.165, 1.54) is 25.7 Å². The molecule has 5 heteroatoms. The Morgan fingerprint density at radius 3 is 2.00 bits per heavy atom. The van der Waals surface area contributed by atoms with Gasteiger partial charge in [0.2, 0.25) is 9.05 Å². The molecule has 0 aliphatic rings. The van der Waals surface area contributed by atoms with E-state index in [1.54, 1.807) is 0 Å². The number of rotatable bonds is 10. The van der Waals surface area contributed by atoms with E-state index >= 15 is 0 Å². The maximum Gasteiger partial charge on any atom is 0.235 e. The maximum atomic E-state index is 11.1. The van der Waals surface area contributed by atoms with Gasteiger partial charge in [0.1, 0.15) is 0 Å². The lowest BCUT2D eigenvalue weighted by Gasteiger charge is -2.10. The fourth-order valence-electron chi connectivity index (χ4n) is 1.72. The van der Waals surface area contributed by atoms with Gasteiger partial charge in [-0.1, -0.05) is 55.0 Å². The van der Waals surface area contributed by atoms with Crippen molar-refractivity contribution in [3.63, 3.8) is 0 Å². The highest BCUT2D eigenvalue weighted by Gasteiger charge is 2.19. The summed E-state index contributed by atoms with van der Waals surface area (Å²) in [4.78, 5) is 0. The molecule has 0 N–H and O–H groups in total. The van der Waals surface area contributed by atoms with Crippen LogP contribution in [0.25, 0.3) is 0 Å². The fraction of sp³-hybridized carbons (Fsp3) is 1.00. The monoisotopic (exact) mass is 332 g/mol. The van der Waals surface area contributed by atoms with Crippen LogP contribution in [0.4, 0.5) is 0 Å². The van der Waals surface area contributed by atoms with Gasteiger partial charge in [-0.05, 0) is 19.3 Å². The van der Waals surface area contributed by atoms with Crippen molar-refractivity contribution >= 4 is 35.7 Å². The Labute approximate surface area is 113 Å². The summed E-state index contributed by atoms with van der Waals surface area (Å²) < 4.78 is 22.3. The first kappa shape index (κ1) is 16.7. The van der Waals surface area contributed by atoms with Gasteiger partial charge in [-0.3, -0.25) is 0 Å². The number of hydrogen-bond acceptors (Lipinski definition) is 2. The summed E-state index contributed by atoms with van der Waals surface area (Å²) in [6.07, 6.45) is 8.35. The van der Waals surface area contributed by atoms with Gasteiger partial charge in [-0.25, -0.2) is 8.42 Å². The second kappa shape index (κ2) is 9.72. The van der Waals surface area contributed by atoms with Gasteiger partial charge in [0.25, 0.3) is 0 Å². The van der Waals surface area contributed by atoms with Gasteiger partial charge in [-0.2, -0.15) is 0 Å². The largest absolute Gasteiger partial charge is 0.235 e. The maximum absolute atomic E-state index is 11.1. The predicted molar refractivity (Wildman–Crippen MR) is 75.0 cm³/mol. The zero-order valence-corrected chi connectivity index (χ0v) is 13.1. The minimum absolute atomic E-state index is 0.350. The molecule has 98 valence electrons. The highest BCUT2D eigenvalue weighted by molar-refractivity contribution is 9.09. The lowest BCUT2D eigenvalue weighted by molar-refractivity contribution is 0.549. The Kier molecular flexibility index (Phi) is 10.2. The third-order valence-corrected chi connectivity index (χ3v) is 5.45. The van der Waals surface area contributed by atoms with E-state index in [4.69, 9.17) is 10.7 Å². The zero-order chi connectivity index (χ0) is 12.4. The summed E-state index contributed by atoms with van der Waals surface area (Å²) in [5.74, 6) is 0. The SMILES string of the molecule is CCC(CCCCCCCCBr)S(=O)(=O)Cl. The number of unbranched alkanes of at least 4 members (excludes halogenated alkanes) is 5. The van der Waals surface area contributed by atoms with Crippen LogP contribution < -0.4 is 0 Å². The third kappa shape index (κ3) is 8.82. The zero-order valence-electron chi connectivity index (χ0n) is 9.92. The fourth-order valence-corrected chi connectivity index (χ4v) is 3.61. The third-order valence-electron chi connectivity index (χ3n) is 2.76. The van der Waals surface area contributed by atoms with Crippen molar-refractivity contribution in [1.29, 1.82) is 0 Å². The normalized spacial score (nSPS) is 13.9. The molecule has 0 aliphatic heterocycles. The first-order valence-electron chi connectivity index (χ1n) is 6.01. The van der Waals surface area contributed by atoms with Crippen LogP contribution in [0.15, 0.2) is 0 Å². The van der Waals surface area contributed by atoms with E-state index in [0.717, 1.165) is 18.2 Å². The van der Waals surface area contributed by atoms with E-state index in [-0.39, 0.29) is 5.25 Å². The van der Waals surface area contributed by atoms with E-state index in [9.17, 15) is 8.42 Å². The van der Waals surface area contributed by atoms with Gasteiger partial charge in [0, 0.05) is 16.0 Å². The second-order valence-corrected chi connectivity index (χ2v) is 7.81. The molecule has 0 aliphatic carbocycles. The summed E-state index contributed by atoms with van der Waals surface area (Å²) in [5.41, 5.74) is 0. The van der Waals surface area contributed by atoms with Crippen LogP contribution in [0, 0.1) is 0 Å². The molecule has 0 heterocycles. The second-order valence-electron chi connectivity index (χ2n) is 4.10. The molecule has 16 heavy (non-hydrogen) atoms. The molecule has 0 bridgehead atoms. The van der Waals surface area contributed by atoms with Gasteiger partial charge < -0.3 is 0 Å². The lowest BCUT2D eigenvalue weighted by atomic mass is 10.1. The lowest BCUT2D eigenvalue weighted by Crippen LogP contribution is -2.14. The van der Waals surface area contributed by atoms with Crippen LogP contribution in [0.3, 0.4) is 0 Å². The van der Waals surface area contributed by atoms with Crippen LogP contribution in [0.1, 0.15) is 58.3 Å². The smallest absolute Gasteiger partial charge is 0.212 e. The Morgan fingerprint density at radius 1 is 1.06 bits per heavy atom. The van der Waals surface area contributed by atoms with Crippen molar-refractivity contribution < 1.29 is 8.42 Å². The highest BCUT2D eigenvalue weighted by atomic mass is 79.9. The Bertz CT molecular complexity index is 255. The highest BCUT2D eigenvalue weighted by Crippen LogP contribution is 2.18. The van der Waals surface area contributed by atoms with Crippen molar-refractivity contribution in [2.45, 2.75) is 63.5 Å². The first-order valence-corrected chi connectivity index (χ1v) is 9.51. The van der Waals surface area contributed by atoms with Gasteiger partial charge in [0.05, 0.1) is 5.25 Å². The van der Waals surface area contributed by atoms with Gasteiger partial charge in [-0.15, -0.1) is 0 Å². The van der Waals surface area contributed by atoms with Crippen LogP contribution in [-0.4, -0.2) is 19.0 Å². The summed E-state index contributed by atoms with van der Waals surface area (Å²) in [6, 6.07) is 0. The molecular weight excluding hydrogens is 312 g/mol.